The van der Waals surface area contributed by atoms with Gasteiger partial charge >= 0.3 is 0 Å². The van der Waals surface area contributed by atoms with Gasteiger partial charge < -0.3 is 10.1 Å². The third kappa shape index (κ3) is 4.73. The van der Waals surface area contributed by atoms with E-state index >= 15 is 0 Å². The van der Waals surface area contributed by atoms with E-state index in [4.69, 9.17) is 16.3 Å². The smallest absolute Gasteiger partial charge is 0.165 e. The maximum absolute atomic E-state index is 13.5. The SMILES string of the molecule is CC(C)CNCc1ccc(Oc2ccccc2F)cc1Cl. The maximum atomic E-state index is 13.5. The fourth-order valence-electron chi connectivity index (χ4n) is 1.88. The Balaban J connectivity index is 2.03. The highest BCUT2D eigenvalue weighted by Crippen LogP contribution is 2.28. The molecule has 21 heavy (non-hydrogen) atoms. The van der Waals surface area contributed by atoms with Crippen LogP contribution in [0.3, 0.4) is 0 Å². The van der Waals surface area contributed by atoms with E-state index in [0.29, 0.717) is 23.2 Å². The molecule has 0 saturated carbocycles. The van der Waals surface area contributed by atoms with E-state index in [1.165, 1.54) is 6.07 Å². The summed E-state index contributed by atoms with van der Waals surface area (Å²) in [5.41, 5.74) is 0.998. The van der Waals surface area contributed by atoms with Crippen molar-refractivity contribution < 1.29 is 9.13 Å². The van der Waals surface area contributed by atoms with Crippen LogP contribution in [0.1, 0.15) is 19.4 Å². The summed E-state index contributed by atoms with van der Waals surface area (Å²) in [6.07, 6.45) is 0. The number of ether oxygens (including phenoxy) is 1. The summed E-state index contributed by atoms with van der Waals surface area (Å²) >= 11 is 6.24. The first-order chi connectivity index (χ1) is 10.1. The molecule has 2 aromatic carbocycles. The molecule has 0 bridgehead atoms. The lowest BCUT2D eigenvalue weighted by Gasteiger charge is -2.11. The summed E-state index contributed by atoms with van der Waals surface area (Å²) in [6, 6.07) is 11.7. The van der Waals surface area contributed by atoms with Gasteiger partial charge in [0, 0.05) is 11.6 Å². The number of nitrogens with one attached hydrogen (secondary N) is 1. The number of benzene rings is 2. The van der Waals surface area contributed by atoms with Gasteiger partial charge in [-0.1, -0.05) is 43.6 Å². The Hall–Kier alpha value is -1.58. The topological polar surface area (TPSA) is 21.3 Å². The van der Waals surface area contributed by atoms with Crippen molar-refractivity contribution in [1.29, 1.82) is 0 Å². The molecule has 0 saturated heterocycles. The number of hydrogen-bond donors (Lipinski definition) is 1. The van der Waals surface area contributed by atoms with Gasteiger partial charge in [-0.2, -0.15) is 0 Å². The zero-order valence-electron chi connectivity index (χ0n) is 12.2. The van der Waals surface area contributed by atoms with E-state index in [1.807, 2.05) is 6.07 Å². The van der Waals surface area contributed by atoms with Crippen LogP contribution in [-0.4, -0.2) is 6.54 Å². The van der Waals surface area contributed by atoms with Crippen molar-refractivity contribution in [3.8, 4) is 11.5 Å². The largest absolute Gasteiger partial charge is 0.454 e. The van der Waals surface area contributed by atoms with Gasteiger partial charge in [-0.3, -0.25) is 0 Å². The zero-order valence-corrected chi connectivity index (χ0v) is 13.0. The fraction of sp³-hybridized carbons (Fsp3) is 0.294. The molecule has 0 fully saturated rings. The summed E-state index contributed by atoms with van der Waals surface area (Å²) < 4.78 is 19.0. The highest BCUT2D eigenvalue weighted by Gasteiger charge is 2.06. The van der Waals surface area contributed by atoms with Crippen LogP contribution in [0.5, 0.6) is 11.5 Å². The average molecular weight is 308 g/mol. The number of para-hydroxylation sites is 1. The monoisotopic (exact) mass is 307 g/mol. The van der Waals surface area contributed by atoms with E-state index in [0.717, 1.165) is 12.1 Å². The second-order valence-corrected chi connectivity index (χ2v) is 5.72. The number of halogens is 2. The van der Waals surface area contributed by atoms with Gasteiger partial charge in [-0.05, 0) is 42.3 Å². The second kappa shape index (κ2) is 7.43. The van der Waals surface area contributed by atoms with E-state index in [1.54, 1.807) is 30.3 Å². The minimum Gasteiger partial charge on any atom is -0.454 e. The van der Waals surface area contributed by atoms with Gasteiger partial charge in [0.2, 0.25) is 0 Å². The van der Waals surface area contributed by atoms with Crippen LogP contribution in [0.4, 0.5) is 4.39 Å². The van der Waals surface area contributed by atoms with Crippen molar-refractivity contribution in [2.45, 2.75) is 20.4 Å². The van der Waals surface area contributed by atoms with Crippen LogP contribution in [-0.2, 0) is 6.54 Å². The van der Waals surface area contributed by atoms with E-state index in [9.17, 15) is 4.39 Å². The average Bonchev–Trinajstić information content (AvgIpc) is 2.43. The first-order valence-corrected chi connectivity index (χ1v) is 7.35. The van der Waals surface area contributed by atoms with Crippen molar-refractivity contribution in [2.75, 3.05) is 6.54 Å². The Morgan fingerprint density at radius 3 is 2.62 bits per heavy atom. The van der Waals surface area contributed by atoms with Crippen molar-refractivity contribution in [2.24, 2.45) is 5.92 Å². The molecule has 4 heteroatoms. The number of rotatable bonds is 6. The van der Waals surface area contributed by atoms with Gasteiger partial charge in [0.25, 0.3) is 0 Å². The Labute approximate surface area is 129 Å². The van der Waals surface area contributed by atoms with Gasteiger partial charge in [0.15, 0.2) is 11.6 Å². The normalized spacial score (nSPS) is 10.9. The highest BCUT2D eigenvalue weighted by atomic mass is 35.5. The molecule has 0 spiro atoms. The third-order valence-electron chi connectivity index (χ3n) is 2.96. The van der Waals surface area contributed by atoms with Crippen molar-refractivity contribution in [1.82, 2.24) is 5.32 Å². The molecular formula is C17H19ClFNO. The fourth-order valence-corrected chi connectivity index (χ4v) is 2.12. The molecule has 2 rings (SSSR count). The molecule has 0 aliphatic carbocycles. The first-order valence-electron chi connectivity index (χ1n) is 6.98. The zero-order chi connectivity index (χ0) is 15.2. The summed E-state index contributed by atoms with van der Waals surface area (Å²) in [4.78, 5) is 0. The lowest BCUT2D eigenvalue weighted by atomic mass is 10.2. The lowest BCUT2D eigenvalue weighted by molar-refractivity contribution is 0.442. The second-order valence-electron chi connectivity index (χ2n) is 5.31. The third-order valence-corrected chi connectivity index (χ3v) is 3.31. The standard InChI is InChI=1S/C17H19ClFNO/c1-12(2)10-20-11-13-7-8-14(9-15(13)18)21-17-6-4-3-5-16(17)19/h3-9,12,20H,10-11H2,1-2H3. The van der Waals surface area contributed by atoms with Crippen LogP contribution in [0.25, 0.3) is 0 Å². The van der Waals surface area contributed by atoms with Gasteiger partial charge in [-0.25, -0.2) is 4.39 Å². The first kappa shape index (κ1) is 15.8. The van der Waals surface area contributed by atoms with Crippen LogP contribution in [0.15, 0.2) is 42.5 Å². The molecule has 0 aliphatic heterocycles. The van der Waals surface area contributed by atoms with Crippen LogP contribution >= 0.6 is 11.6 Å². The molecule has 2 nitrogen and oxygen atoms in total. The van der Waals surface area contributed by atoms with Crippen molar-refractivity contribution in [3.63, 3.8) is 0 Å². The molecule has 0 amide bonds. The van der Waals surface area contributed by atoms with E-state index in [2.05, 4.69) is 19.2 Å². The van der Waals surface area contributed by atoms with Crippen molar-refractivity contribution in [3.05, 3.63) is 58.9 Å². The van der Waals surface area contributed by atoms with E-state index in [-0.39, 0.29) is 5.75 Å². The summed E-state index contributed by atoms with van der Waals surface area (Å²) in [5, 5.41) is 3.95. The highest BCUT2D eigenvalue weighted by molar-refractivity contribution is 6.31. The van der Waals surface area contributed by atoms with Crippen LogP contribution in [0, 0.1) is 11.7 Å². The molecule has 112 valence electrons. The Morgan fingerprint density at radius 2 is 1.95 bits per heavy atom. The summed E-state index contributed by atoms with van der Waals surface area (Å²) in [7, 11) is 0. The predicted octanol–water partition coefficient (Wildman–Crippen LogP) is 5.02. The van der Waals surface area contributed by atoms with E-state index < -0.39 is 5.82 Å². The lowest BCUT2D eigenvalue weighted by Crippen LogP contribution is -2.19. The van der Waals surface area contributed by atoms with Gasteiger partial charge in [0.05, 0.1) is 0 Å². The molecule has 0 atom stereocenters. The summed E-state index contributed by atoms with van der Waals surface area (Å²) in [6.45, 7) is 5.95. The van der Waals surface area contributed by atoms with Crippen molar-refractivity contribution >= 4 is 11.6 Å². The quantitative estimate of drug-likeness (QED) is 0.809. The predicted molar refractivity (Wildman–Crippen MR) is 84.5 cm³/mol. The molecule has 2 aromatic rings. The molecule has 0 unspecified atom stereocenters. The molecule has 0 radical (unpaired) electrons. The Bertz CT molecular complexity index is 601. The molecule has 0 aromatic heterocycles. The van der Waals surface area contributed by atoms with Crippen LogP contribution in [0.2, 0.25) is 5.02 Å². The molecule has 0 aliphatic rings. The van der Waals surface area contributed by atoms with Crippen LogP contribution < -0.4 is 10.1 Å². The Kier molecular flexibility index (Phi) is 5.59. The molecule has 0 heterocycles. The number of hydrogen-bond acceptors (Lipinski definition) is 2. The summed E-state index contributed by atoms with van der Waals surface area (Å²) in [5.74, 6) is 0.917. The molecule has 1 N–H and O–H groups in total. The van der Waals surface area contributed by atoms with Gasteiger partial charge in [0.1, 0.15) is 5.75 Å². The minimum absolute atomic E-state index is 0.194. The van der Waals surface area contributed by atoms with Gasteiger partial charge in [-0.15, -0.1) is 0 Å². The maximum Gasteiger partial charge on any atom is 0.165 e. The minimum atomic E-state index is -0.392. The Morgan fingerprint density at radius 1 is 1.19 bits per heavy atom. The molecular weight excluding hydrogens is 289 g/mol.